The van der Waals surface area contributed by atoms with Gasteiger partial charge in [0.15, 0.2) is 16.6 Å². The van der Waals surface area contributed by atoms with Crippen LogP contribution >= 0.6 is 28.1 Å². The molecule has 1 fully saturated rings. The third kappa shape index (κ3) is 3.03. The van der Waals surface area contributed by atoms with E-state index in [0.29, 0.717) is 21.0 Å². The molecule has 5 nitrogen and oxygen atoms in total. The second kappa shape index (κ2) is 6.03. The number of rotatable bonds is 3. The van der Waals surface area contributed by atoms with Gasteiger partial charge in [-0.3, -0.25) is 4.79 Å². The number of methoxy groups -OCH3 is 1. The normalized spacial score (nSPS) is 21.5. The number of hydrogen-bond acceptors (Lipinski definition) is 4. The van der Waals surface area contributed by atoms with Gasteiger partial charge in [-0.2, -0.15) is 0 Å². The van der Waals surface area contributed by atoms with Gasteiger partial charge in [-0.15, -0.1) is 0 Å². The first-order valence-electron chi connectivity index (χ1n) is 6.18. The maximum Gasteiger partial charge on any atom is 0.172 e. The number of ketones is 1. The fourth-order valence-electron chi connectivity index (χ4n) is 2.37. The number of aromatic hydroxyl groups is 1. The predicted molar refractivity (Wildman–Crippen MR) is 87.3 cm³/mol. The molecule has 0 amide bonds. The van der Waals surface area contributed by atoms with E-state index in [1.165, 1.54) is 14.0 Å². The molecule has 0 aliphatic carbocycles. The van der Waals surface area contributed by atoms with Gasteiger partial charge < -0.3 is 20.5 Å². The lowest BCUT2D eigenvalue weighted by Gasteiger charge is -2.35. The summed E-state index contributed by atoms with van der Waals surface area (Å²) in [6.07, 6.45) is 0. The van der Waals surface area contributed by atoms with Crippen LogP contribution in [-0.4, -0.2) is 23.1 Å². The monoisotopic (exact) mass is 370 g/mol. The highest BCUT2D eigenvalue weighted by Gasteiger charge is 2.35. The second-order valence-corrected chi connectivity index (χ2v) is 6.01. The Bertz CT molecular complexity index is 633. The van der Waals surface area contributed by atoms with E-state index < -0.39 is 5.92 Å². The van der Waals surface area contributed by atoms with E-state index in [9.17, 15) is 9.90 Å². The first-order chi connectivity index (χ1) is 9.85. The zero-order valence-corrected chi connectivity index (χ0v) is 14.0. The molecule has 1 aliphatic rings. The summed E-state index contributed by atoms with van der Waals surface area (Å²) in [5.74, 6) is -0.164. The molecule has 0 radical (unpaired) electrons. The van der Waals surface area contributed by atoms with Gasteiger partial charge in [0, 0.05) is 5.70 Å². The third-order valence-corrected chi connectivity index (χ3v) is 4.16. The van der Waals surface area contributed by atoms with Gasteiger partial charge in [0.05, 0.1) is 23.5 Å². The molecular formula is C14H15BrN2O3S. The quantitative estimate of drug-likeness (QED) is 0.709. The predicted octanol–water partition coefficient (Wildman–Crippen LogP) is 2.40. The molecule has 1 aliphatic heterocycles. The molecule has 2 atom stereocenters. The topological polar surface area (TPSA) is 70.6 Å². The molecule has 0 aromatic heterocycles. The van der Waals surface area contributed by atoms with E-state index in [1.54, 1.807) is 12.1 Å². The summed E-state index contributed by atoms with van der Waals surface area (Å²) in [5.41, 5.74) is 1.32. The molecule has 3 N–H and O–H groups in total. The molecule has 1 aromatic carbocycles. The van der Waals surface area contributed by atoms with Crippen LogP contribution in [0.5, 0.6) is 11.5 Å². The first kappa shape index (κ1) is 15.8. The largest absolute Gasteiger partial charge is 0.503 e. The summed E-state index contributed by atoms with van der Waals surface area (Å²) < 4.78 is 5.63. The van der Waals surface area contributed by atoms with E-state index in [2.05, 4.69) is 33.1 Å². The first-order valence-corrected chi connectivity index (χ1v) is 7.38. The van der Waals surface area contributed by atoms with Crippen molar-refractivity contribution in [1.82, 2.24) is 10.6 Å². The smallest absolute Gasteiger partial charge is 0.172 e. The van der Waals surface area contributed by atoms with Gasteiger partial charge in [0.2, 0.25) is 0 Å². The third-order valence-electron chi connectivity index (χ3n) is 3.34. The fourth-order valence-corrected chi connectivity index (χ4v) is 3.09. The average molecular weight is 371 g/mol. The minimum Gasteiger partial charge on any atom is -0.503 e. The fraction of sp³-hybridized carbons (Fsp3) is 0.286. The SMILES string of the molecule is C=C1NC(=S)NC(c2cc(Br)c(O)c(OC)c2)C1C(C)=O. The van der Waals surface area contributed by atoms with E-state index >= 15 is 0 Å². The van der Waals surface area contributed by atoms with E-state index in [-0.39, 0.29) is 17.6 Å². The van der Waals surface area contributed by atoms with Gasteiger partial charge in [-0.25, -0.2) is 0 Å². The van der Waals surface area contributed by atoms with Crippen LogP contribution in [-0.2, 0) is 4.79 Å². The van der Waals surface area contributed by atoms with Gasteiger partial charge in [0.25, 0.3) is 0 Å². The highest BCUT2D eigenvalue weighted by atomic mass is 79.9. The number of halogens is 1. The molecular weight excluding hydrogens is 356 g/mol. The van der Waals surface area contributed by atoms with Gasteiger partial charge in [-0.1, -0.05) is 6.58 Å². The van der Waals surface area contributed by atoms with Crippen LogP contribution in [0.1, 0.15) is 18.5 Å². The number of nitrogens with one attached hydrogen (secondary N) is 2. The summed E-state index contributed by atoms with van der Waals surface area (Å²) >= 11 is 8.41. The van der Waals surface area contributed by atoms with Crippen LogP contribution in [0.3, 0.4) is 0 Å². The van der Waals surface area contributed by atoms with Crippen LogP contribution in [0.2, 0.25) is 0 Å². The zero-order chi connectivity index (χ0) is 15.7. The Kier molecular flexibility index (Phi) is 4.53. The van der Waals surface area contributed by atoms with Crippen molar-refractivity contribution in [2.45, 2.75) is 13.0 Å². The van der Waals surface area contributed by atoms with Crippen molar-refractivity contribution < 1.29 is 14.6 Å². The summed E-state index contributed by atoms with van der Waals surface area (Å²) in [4.78, 5) is 11.9. The number of thiocarbonyl (C=S) groups is 1. The van der Waals surface area contributed by atoms with Crippen LogP contribution in [0.25, 0.3) is 0 Å². The van der Waals surface area contributed by atoms with Crippen molar-refractivity contribution in [3.05, 3.63) is 34.4 Å². The molecule has 2 unspecified atom stereocenters. The highest BCUT2D eigenvalue weighted by Crippen LogP contribution is 2.39. The number of carbonyl (C=O) groups is 1. The number of benzene rings is 1. The van der Waals surface area contributed by atoms with Gasteiger partial charge in [-0.05, 0) is 52.8 Å². The number of hydrogen-bond donors (Lipinski definition) is 3. The number of ether oxygens (including phenoxy) is 1. The molecule has 1 aromatic rings. The summed E-state index contributed by atoms with van der Waals surface area (Å²) in [5, 5.41) is 16.2. The number of Topliss-reactive ketones (excluding diaryl/α,β-unsaturated/α-hetero) is 1. The minimum atomic E-state index is -0.460. The molecule has 0 spiro atoms. The van der Waals surface area contributed by atoms with Gasteiger partial charge >= 0.3 is 0 Å². The molecule has 0 saturated carbocycles. The second-order valence-electron chi connectivity index (χ2n) is 4.74. The lowest BCUT2D eigenvalue weighted by atomic mass is 9.86. The maximum atomic E-state index is 11.9. The lowest BCUT2D eigenvalue weighted by Crippen LogP contribution is -2.50. The molecule has 7 heteroatoms. The van der Waals surface area contributed by atoms with Crippen molar-refractivity contribution in [3.8, 4) is 11.5 Å². The van der Waals surface area contributed by atoms with Crippen LogP contribution < -0.4 is 15.4 Å². The van der Waals surface area contributed by atoms with Crippen molar-refractivity contribution in [2.24, 2.45) is 5.92 Å². The summed E-state index contributed by atoms with van der Waals surface area (Å²) in [7, 11) is 1.47. The Morgan fingerprint density at radius 1 is 1.52 bits per heavy atom. The number of carbonyl (C=O) groups excluding carboxylic acids is 1. The van der Waals surface area contributed by atoms with E-state index in [4.69, 9.17) is 17.0 Å². The van der Waals surface area contributed by atoms with Crippen molar-refractivity contribution in [2.75, 3.05) is 7.11 Å². The molecule has 2 rings (SSSR count). The van der Waals surface area contributed by atoms with E-state index in [0.717, 1.165) is 5.56 Å². The Labute approximate surface area is 136 Å². The molecule has 1 saturated heterocycles. The number of phenols is 1. The average Bonchev–Trinajstić information content (AvgIpc) is 2.40. The van der Waals surface area contributed by atoms with Crippen LogP contribution in [0.15, 0.2) is 28.9 Å². The van der Waals surface area contributed by atoms with Crippen molar-refractivity contribution in [3.63, 3.8) is 0 Å². The molecule has 112 valence electrons. The van der Waals surface area contributed by atoms with E-state index in [1.807, 2.05) is 0 Å². The maximum absolute atomic E-state index is 11.9. The Hall–Kier alpha value is -1.60. The molecule has 0 bridgehead atoms. The highest BCUT2D eigenvalue weighted by molar-refractivity contribution is 9.10. The molecule has 1 heterocycles. The minimum absolute atomic E-state index is 0.0102. The summed E-state index contributed by atoms with van der Waals surface area (Å²) in [6, 6.07) is 3.04. The number of phenolic OH excluding ortho intramolecular Hbond substituents is 1. The zero-order valence-electron chi connectivity index (χ0n) is 11.6. The van der Waals surface area contributed by atoms with Crippen LogP contribution in [0.4, 0.5) is 0 Å². The van der Waals surface area contributed by atoms with Gasteiger partial charge in [0.1, 0.15) is 5.78 Å². The standard InChI is InChI=1S/C14H15BrN2O3S/c1-6-11(7(2)18)12(17-14(21)16-6)8-4-9(15)13(19)10(5-8)20-3/h4-5,11-12,19H,1H2,2-3H3,(H2,16,17,21). The van der Waals surface area contributed by atoms with Crippen molar-refractivity contribution >= 4 is 39.0 Å². The Balaban J connectivity index is 2.51. The molecule has 21 heavy (non-hydrogen) atoms. The summed E-state index contributed by atoms with van der Waals surface area (Å²) in [6.45, 7) is 5.38. The lowest BCUT2D eigenvalue weighted by molar-refractivity contribution is -0.120. The van der Waals surface area contributed by atoms with Crippen molar-refractivity contribution in [1.29, 1.82) is 0 Å². The van der Waals surface area contributed by atoms with Crippen LogP contribution in [0, 0.1) is 5.92 Å². The Morgan fingerprint density at radius 2 is 2.19 bits per heavy atom. The Morgan fingerprint density at radius 3 is 2.76 bits per heavy atom.